The average molecular weight is 381 g/mol. The number of anilines is 1. The Balaban J connectivity index is 1.48. The lowest BCUT2D eigenvalue weighted by Gasteiger charge is -2.33. The molecule has 1 amide bonds. The molecule has 6 heteroatoms. The number of hydrogen-bond donors (Lipinski definition) is 1. The monoisotopic (exact) mass is 381 g/mol. The van der Waals surface area contributed by atoms with Crippen LogP contribution in [0.3, 0.4) is 0 Å². The molecule has 1 N–H and O–H groups in total. The van der Waals surface area contributed by atoms with E-state index in [2.05, 4.69) is 17.4 Å². The van der Waals surface area contributed by atoms with Crippen molar-refractivity contribution in [2.45, 2.75) is 38.6 Å². The lowest BCUT2D eigenvalue weighted by Crippen LogP contribution is -2.43. The predicted molar refractivity (Wildman–Crippen MR) is 110 cm³/mol. The van der Waals surface area contributed by atoms with Crippen molar-refractivity contribution >= 4 is 17.3 Å². The van der Waals surface area contributed by atoms with Gasteiger partial charge in [0.05, 0.1) is 4.92 Å². The van der Waals surface area contributed by atoms with Gasteiger partial charge in [-0.3, -0.25) is 14.9 Å². The van der Waals surface area contributed by atoms with E-state index in [1.54, 1.807) is 12.1 Å². The first-order valence-electron chi connectivity index (χ1n) is 9.87. The third kappa shape index (κ3) is 5.09. The van der Waals surface area contributed by atoms with Crippen molar-refractivity contribution in [1.82, 2.24) is 5.32 Å². The van der Waals surface area contributed by atoms with Gasteiger partial charge >= 0.3 is 0 Å². The topological polar surface area (TPSA) is 75.5 Å². The van der Waals surface area contributed by atoms with E-state index in [-0.39, 0.29) is 28.5 Å². The van der Waals surface area contributed by atoms with Crippen molar-refractivity contribution in [3.05, 3.63) is 70.3 Å². The molecule has 0 saturated carbocycles. The number of carbonyl (C=O) groups is 1. The zero-order valence-corrected chi connectivity index (χ0v) is 16.2. The largest absolute Gasteiger partial charge is 0.366 e. The van der Waals surface area contributed by atoms with E-state index in [0.29, 0.717) is 31.6 Å². The number of para-hydroxylation sites is 2. The molecule has 1 atom stereocenters. The number of piperidine rings is 1. The van der Waals surface area contributed by atoms with Gasteiger partial charge in [0.15, 0.2) is 0 Å². The second-order valence-electron chi connectivity index (χ2n) is 7.44. The standard InChI is InChI=1S/C22H27N3O3/c1-17(11-12-18-7-3-2-4-8-18)23-22(26)19-13-15-24(16-14-19)20-9-5-6-10-21(20)25(27)28/h2-10,17,19H,11-16H2,1H3,(H,23,26). The Morgan fingerprint density at radius 3 is 2.46 bits per heavy atom. The van der Waals surface area contributed by atoms with E-state index in [1.807, 2.05) is 36.1 Å². The van der Waals surface area contributed by atoms with Crippen LogP contribution in [0.25, 0.3) is 0 Å². The fraction of sp³-hybridized carbons (Fsp3) is 0.409. The molecule has 1 unspecified atom stereocenters. The first kappa shape index (κ1) is 19.9. The van der Waals surface area contributed by atoms with Crippen molar-refractivity contribution in [1.29, 1.82) is 0 Å². The maximum atomic E-state index is 12.6. The summed E-state index contributed by atoms with van der Waals surface area (Å²) in [7, 11) is 0. The molecule has 3 rings (SSSR count). The third-order valence-corrected chi connectivity index (χ3v) is 5.38. The molecule has 6 nitrogen and oxygen atoms in total. The van der Waals surface area contributed by atoms with Crippen LogP contribution in [0.4, 0.5) is 11.4 Å². The van der Waals surface area contributed by atoms with Gasteiger partial charge in [-0.15, -0.1) is 0 Å². The van der Waals surface area contributed by atoms with Gasteiger partial charge in [-0.2, -0.15) is 0 Å². The van der Waals surface area contributed by atoms with Crippen molar-refractivity contribution in [2.24, 2.45) is 5.92 Å². The molecule has 0 aliphatic carbocycles. The molecule has 2 aromatic carbocycles. The van der Waals surface area contributed by atoms with Crippen molar-refractivity contribution < 1.29 is 9.72 Å². The Bertz CT molecular complexity index is 802. The number of nitrogens with zero attached hydrogens (tertiary/aromatic N) is 2. The Hall–Kier alpha value is -2.89. The van der Waals surface area contributed by atoms with Gasteiger partial charge in [-0.25, -0.2) is 0 Å². The highest BCUT2D eigenvalue weighted by molar-refractivity contribution is 5.79. The molecular weight excluding hydrogens is 354 g/mol. The quantitative estimate of drug-likeness (QED) is 0.582. The van der Waals surface area contributed by atoms with Gasteiger partial charge in [0.1, 0.15) is 5.69 Å². The minimum Gasteiger partial charge on any atom is -0.366 e. The van der Waals surface area contributed by atoms with Crippen molar-refractivity contribution in [2.75, 3.05) is 18.0 Å². The second-order valence-corrected chi connectivity index (χ2v) is 7.44. The van der Waals surface area contributed by atoms with E-state index >= 15 is 0 Å². The Morgan fingerprint density at radius 1 is 1.14 bits per heavy atom. The minimum absolute atomic E-state index is 0.0295. The maximum Gasteiger partial charge on any atom is 0.292 e. The lowest BCUT2D eigenvalue weighted by molar-refractivity contribution is -0.384. The molecule has 2 aromatic rings. The van der Waals surface area contributed by atoms with Crippen LogP contribution in [-0.4, -0.2) is 30.0 Å². The Morgan fingerprint density at radius 2 is 1.79 bits per heavy atom. The molecule has 0 spiro atoms. The number of rotatable bonds is 7. The summed E-state index contributed by atoms with van der Waals surface area (Å²) in [6.45, 7) is 3.35. The van der Waals surface area contributed by atoms with E-state index in [1.165, 1.54) is 11.6 Å². The molecule has 1 saturated heterocycles. The summed E-state index contributed by atoms with van der Waals surface area (Å²) in [6, 6.07) is 17.2. The first-order valence-corrected chi connectivity index (χ1v) is 9.87. The van der Waals surface area contributed by atoms with Gasteiger partial charge in [0.25, 0.3) is 5.69 Å². The van der Waals surface area contributed by atoms with Crippen LogP contribution in [0.15, 0.2) is 54.6 Å². The van der Waals surface area contributed by atoms with Gasteiger partial charge in [0.2, 0.25) is 5.91 Å². The van der Waals surface area contributed by atoms with Gasteiger partial charge < -0.3 is 10.2 Å². The zero-order valence-electron chi connectivity index (χ0n) is 16.2. The molecule has 0 radical (unpaired) electrons. The average Bonchev–Trinajstić information content (AvgIpc) is 2.73. The molecule has 0 aromatic heterocycles. The summed E-state index contributed by atoms with van der Waals surface area (Å²) in [5.41, 5.74) is 2.05. The Labute approximate surface area is 165 Å². The van der Waals surface area contributed by atoms with E-state index in [4.69, 9.17) is 0 Å². The highest BCUT2D eigenvalue weighted by atomic mass is 16.6. The summed E-state index contributed by atoms with van der Waals surface area (Å²) < 4.78 is 0. The molecule has 28 heavy (non-hydrogen) atoms. The summed E-state index contributed by atoms with van der Waals surface area (Å²) in [5, 5.41) is 14.4. The fourth-order valence-corrected chi connectivity index (χ4v) is 3.73. The van der Waals surface area contributed by atoms with E-state index < -0.39 is 0 Å². The molecule has 1 aliphatic heterocycles. The number of benzene rings is 2. The SMILES string of the molecule is CC(CCc1ccccc1)NC(=O)C1CCN(c2ccccc2[N+](=O)[O-])CC1. The summed E-state index contributed by atoms with van der Waals surface area (Å²) in [5.74, 6) is 0.0703. The maximum absolute atomic E-state index is 12.6. The molecular formula is C22H27N3O3. The van der Waals surface area contributed by atoms with Crippen molar-refractivity contribution in [3.8, 4) is 0 Å². The van der Waals surface area contributed by atoms with Crippen LogP contribution in [0, 0.1) is 16.0 Å². The normalized spacial score (nSPS) is 15.8. The van der Waals surface area contributed by atoms with Gasteiger partial charge in [-0.1, -0.05) is 42.5 Å². The highest BCUT2D eigenvalue weighted by Gasteiger charge is 2.28. The number of amides is 1. The number of aryl methyl sites for hydroxylation is 1. The first-order chi connectivity index (χ1) is 13.5. The number of hydrogen-bond acceptors (Lipinski definition) is 4. The van der Waals surface area contributed by atoms with Crippen LogP contribution in [0.2, 0.25) is 0 Å². The van der Waals surface area contributed by atoms with Gasteiger partial charge in [-0.05, 0) is 44.2 Å². The van der Waals surface area contributed by atoms with E-state index in [9.17, 15) is 14.9 Å². The van der Waals surface area contributed by atoms with Crippen molar-refractivity contribution in [3.63, 3.8) is 0 Å². The smallest absolute Gasteiger partial charge is 0.292 e. The summed E-state index contributed by atoms with van der Waals surface area (Å²) >= 11 is 0. The highest BCUT2D eigenvalue weighted by Crippen LogP contribution is 2.31. The minimum atomic E-state index is -0.345. The molecule has 148 valence electrons. The fourth-order valence-electron chi connectivity index (χ4n) is 3.73. The Kier molecular flexibility index (Phi) is 6.63. The summed E-state index contributed by atoms with van der Waals surface area (Å²) in [6.07, 6.45) is 3.27. The van der Waals surface area contributed by atoms with Gasteiger partial charge in [0, 0.05) is 31.1 Å². The molecule has 1 heterocycles. The molecule has 1 fully saturated rings. The second kappa shape index (κ2) is 9.35. The molecule has 0 bridgehead atoms. The predicted octanol–water partition coefficient (Wildman–Crippen LogP) is 3.95. The van der Waals surface area contributed by atoms with Crippen LogP contribution in [-0.2, 0) is 11.2 Å². The van der Waals surface area contributed by atoms with Crippen LogP contribution < -0.4 is 10.2 Å². The number of carbonyl (C=O) groups excluding carboxylic acids is 1. The molecule has 1 aliphatic rings. The van der Waals surface area contributed by atoms with E-state index in [0.717, 1.165) is 12.8 Å². The van der Waals surface area contributed by atoms with Crippen LogP contribution >= 0.6 is 0 Å². The third-order valence-electron chi connectivity index (χ3n) is 5.38. The van der Waals surface area contributed by atoms with Crippen LogP contribution in [0.5, 0.6) is 0 Å². The van der Waals surface area contributed by atoms with Crippen LogP contribution in [0.1, 0.15) is 31.7 Å². The number of nitro benzene ring substituents is 1. The zero-order chi connectivity index (χ0) is 19.9. The number of nitro groups is 1. The number of nitrogens with one attached hydrogen (secondary N) is 1. The summed E-state index contributed by atoms with van der Waals surface area (Å²) in [4.78, 5) is 25.5. The lowest BCUT2D eigenvalue weighted by atomic mass is 9.94.